The van der Waals surface area contributed by atoms with E-state index in [1.807, 2.05) is 47.4 Å². The Balaban J connectivity index is 1.48. The number of benzene rings is 1. The van der Waals surface area contributed by atoms with Crippen LogP contribution in [0.1, 0.15) is 30.0 Å². The summed E-state index contributed by atoms with van der Waals surface area (Å²) in [6.45, 7) is 8.54. The van der Waals surface area contributed by atoms with Gasteiger partial charge < -0.3 is 23.9 Å². The van der Waals surface area contributed by atoms with E-state index in [4.69, 9.17) is 13.9 Å². The smallest absolute Gasteiger partial charge is 0.253 e. The fourth-order valence-electron chi connectivity index (χ4n) is 3.79. The van der Waals surface area contributed by atoms with Gasteiger partial charge in [-0.2, -0.15) is 0 Å². The molecule has 0 radical (unpaired) electrons. The molecule has 0 bridgehead atoms. The Kier molecular flexibility index (Phi) is 9.09. The van der Waals surface area contributed by atoms with E-state index in [-0.39, 0.29) is 18.6 Å². The summed E-state index contributed by atoms with van der Waals surface area (Å²) in [5.41, 5.74) is 0.694. The van der Waals surface area contributed by atoms with Crippen LogP contribution in [0.2, 0.25) is 0 Å². The molecule has 0 saturated carbocycles. The van der Waals surface area contributed by atoms with Crippen LogP contribution >= 0.6 is 0 Å². The number of hydrogen-bond acceptors (Lipinski definition) is 6. The van der Waals surface area contributed by atoms with Gasteiger partial charge in [0.1, 0.15) is 12.4 Å². The number of carbonyl (C=O) groups excluding carboxylic acids is 1. The average Bonchev–Trinajstić information content (AvgIpc) is 3.27. The zero-order valence-electron chi connectivity index (χ0n) is 18.5. The molecule has 7 nitrogen and oxygen atoms in total. The van der Waals surface area contributed by atoms with Crippen LogP contribution in [0.5, 0.6) is 0 Å². The van der Waals surface area contributed by atoms with Crippen molar-refractivity contribution in [1.29, 1.82) is 0 Å². The van der Waals surface area contributed by atoms with Gasteiger partial charge >= 0.3 is 0 Å². The lowest BCUT2D eigenvalue weighted by Gasteiger charge is -2.37. The molecule has 1 N–H and O–H groups in total. The zero-order chi connectivity index (χ0) is 22.1. The van der Waals surface area contributed by atoms with Crippen LogP contribution in [0.3, 0.4) is 0 Å². The van der Waals surface area contributed by atoms with E-state index < -0.39 is 6.10 Å². The van der Waals surface area contributed by atoms with Gasteiger partial charge in [-0.1, -0.05) is 32.0 Å². The molecule has 0 spiro atoms. The Labute approximate surface area is 184 Å². The number of carbonyl (C=O) groups is 1. The summed E-state index contributed by atoms with van der Waals surface area (Å²) in [6, 6.07) is 13.0. The molecule has 7 heteroatoms. The first kappa shape index (κ1) is 23.5. The molecule has 1 aromatic carbocycles. The monoisotopic (exact) mass is 430 g/mol. The zero-order valence-corrected chi connectivity index (χ0v) is 18.5. The number of furan rings is 1. The third-order valence-corrected chi connectivity index (χ3v) is 5.14. The minimum absolute atomic E-state index is 0.0291. The van der Waals surface area contributed by atoms with Crippen LogP contribution < -0.4 is 0 Å². The van der Waals surface area contributed by atoms with Gasteiger partial charge in [-0.3, -0.25) is 9.69 Å². The highest BCUT2D eigenvalue weighted by atomic mass is 16.5. The topological polar surface area (TPSA) is 75.4 Å². The van der Waals surface area contributed by atoms with Gasteiger partial charge in [0, 0.05) is 38.3 Å². The molecule has 1 fully saturated rings. The van der Waals surface area contributed by atoms with E-state index in [1.54, 1.807) is 6.26 Å². The quantitative estimate of drug-likeness (QED) is 0.591. The molecular weight excluding hydrogens is 396 g/mol. The lowest BCUT2D eigenvalue weighted by Crippen LogP contribution is -2.51. The van der Waals surface area contributed by atoms with Crippen molar-refractivity contribution in [2.24, 2.45) is 5.92 Å². The summed E-state index contributed by atoms with van der Waals surface area (Å²) in [4.78, 5) is 17.1. The molecule has 1 saturated heterocycles. The number of rotatable bonds is 11. The second kappa shape index (κ2) is 12.0. The summed E-state index contributed by atoms with van der Waals surface area (Å²) < 4.78 is 16.7. The van der Waals surface area contributed by atoms with Gasteiger partial charge in [-0.15, -0.1) is 0 Å². The molecular formula is C24H34N2O5. The van der Waals surface area contributed by atoms with E-state index >= 15 is 0 Å². The highest BCUT2D eigenvalue weighted by Crippen LogP contribution is 2.13. The van der Waals surface area contributed by atoms with Crippen molar-refractivity contribution in [2.45, 2.75) is 32.7 Å². The minimum atomic E-state index is -0.591. The van der Waals surface area contributed by atoms with Gasteiger partial charge in [-0.05, 0) is 30.2 Å². The third-order valence-electron chi connectivity index (χ3n) is 5.14. The van der Waals surface area contributed by atoms with Crippen molar-refractivity contribution >= 4 is 5.91 Å². The molecule has 1 aromatic heterocycles. The van der Waals surface area contributed by atoms with Crippen LogP contribution in [-0.4, -0.2) is 79.0 Å². The summed E-state index contributed by atoms with van der Waals surface area (Å²) >= 11 is 0. The normalized spacial score (nSPS) is 18.3. The minimum Gasteiger partial charge on any atom is -0.467 e. The first-order valence-electron chi connectivity index (χ1n) is 11.0. The Hall–Kier alpha value is -2.19. The maximum Gasteiger partial charge on any atom is 0.253 e. The summed E-state index contributed by atoms with van der Waals surface area (Å²) in [7, 11) is 0. The number of nitrogens with zero attached hydrogens (tertiary/aromatic N) is 2. The molecule has 2 heterocycles. The molecule has 31 heavy (non-hydrogen) atoms. The van der Waals surface area contributed by atoms with E-state index in [0.717, 1.165) is 12.3 Å². The van der Waals surface area contributed by atoms with E-state index in [2.05, 4.69) is 18.7 Å². The van der Waals surface area contributed by atoms with Crippen LogP contribution in [0.4, 0.5) is 0 Å². The van der Waals surface area contributed by atoms with Gasteiger partial charge in [-0.25, -0.2) is 0 Å². The highest BCUT2D eigenvalue weighted by molar-refractivity contribution is 5.94. The summed E-state index contributed by atoms with van der Waals surface area (Å²) in [5.74, 6) is 1.13. The molecule has 1 amide bonds. The average molecular weight is 431 g/mol. The first-order valence-corrected chi connectivity index (χ1v) is 11.0. The molecule has 2 unspecified atom stereocenters. The number of morpholine rings is 1. The molecule has 170 valence electrons. The summed E-state index contributed by atoms with van der Waals surface area (Å²) in [6.07, 6.45) is 0.927. The largest absolute Gasteiger partial charge is 0.467 e. The fraction of sp³-hybridized carbons (Fsp3) is 0.542. The number of aliphatic hydroxyl groups is 1. The van der Waals surface area contributed by atoms with Crippen molar-refractivity contribution < 1.29 is 23.8 Å². The van der Waals surface area contributed by atoms with Gasteiger partial charge in [0.05, 0.1) is 31.7 Å². The number of β-amino-alcohol motifs (C(OH)–C–C–N with tert-alkyl or cyclic N) is 1. The maximum atomic E-state index is 13.0. The van der Waals surface area contributed by atoms with Crippen LogP contribution in [0.15, 0.2) is 53.1 Å². The highest BCUT2D eigenvalue weighted by Gasteiger charge is 2.27. The second-order valence-corrected chi connectivity index (χ2v) is 8.47. The lowest BCUT2D eigenvalue weighted by atomic mass is 10.1. The predicted octanol–water partition coefficient (Wildman–Crippen LogP) is 2.66. The molecule has 2 atom stereocenters. The van der Waals surface area contributed by atoms with Crippen molar-refractivity contribution in [3.05, 3.63) is 60.1 Å². The maximum absolute atomic E-state index is 13.0. The fourth-order valence-corrected chi connectivity index (χ4v) is 3.79. The first-order chi connectivity index (χ1) is 15.0. The second-order valence-electron chi connectivity index (χ2n) is 8.47. The van der Waals surface area contributed by atoms with Crippen molar-refractivity contribution in [1.82, 2.24) is 9.80 Å². The Morgan fingerprint density at radius 2 is 2.06 bits per heavy atom. The lowest BCUT2D eigenvalue weighted by molar-refractivity contribution is -0.0608. The third kappa shape index (κ3) is 7.78. The molecule has 1 aliphatic rings. The molecule has 1 aliphatic heterocycles. The Morgan fingerprint density at radius 3 is 2.77 bits per heavy atom. The number of aliphatic hydroxyl groups excluding tert-OH is 1. The SMILES string of the molecule is CC(C)CN(CC1CN(CC(O)COCc2ccco2)CCO1)C(=O)c1ccccc1. The van der Waals surface area contributed by atoms with Crippen molar-refractivity contribution in [2.75, 3.05) is 45.9 Å². The van der Waals surface area contributed by atoms with E-state index in [0.29, 0.717) is 50.9 Å². The van der Waals surface area contributed by atoms with E-state index in [1.165, 1.54) is 0 Å². The number of ether oxygens (including phenoxy) is 2. The van der Waals surface area contributed by atoms with Crippen LogP contribution in [-0.2, 0) is 16.1 Å². The van der Waals surface area contributed by atoms with Crippen LogP contribution in [0, 0.1) is 5.92 Å². The number of hydrogen-bond donors (Lipinski definition) is 1. The Bertz CT molecular complexity index is 766. The van der Waals surface area contributed by atoms with Crippen LogP contribution in [0.25, 0.3) is 0 Å². The standard InChI is InChI=1S/C24H34N2O5/c1-19(2)13-26(24(28)20-7-4-3-5-8-20)16-23-15-25(10-12-31-23)14-21(27)17-29-18-22-9-6-11-30-22/h3-9,11,19,21,23,27H,10,12-18H2,1-2H3. The predicted molar refractivity (Wildman–Crippen MR) is 118 cm³/mol. The van der Waals surface area contributed by atoms with Crippen molar-refractivity contribution in [3.8, 4) is 0 Å². The molecule has 0 aliphatic carbocycles. The Morgan fingerprint density at radius 1 is 1.26 bits per heavy atom. The molecule has 2 aromatic rings. The van der Waals surface area contributed by atoms with Crippen molar-refractivity contribution in [3.63, 3.8) is 0 Å². The van der Waals surface area contributed by atoms with Gasteiger partial charge in [0.15, 0.2) is 0 Å². The molecule has 3 rings (SSSR count). The van der Waals surface area contributed by atoms with Gasteiger partial charge in [0.2, 0.25) is 0 Å². The number of amides is 1. The van der Waals surface area contributed by atoms with Gasteiger partial charge in [0.25, 0.3) is 5.91 Å². The van der Waals surface area contributed by atoms with E-state index in [9.17, 15) is 9.90 Å². The summed E-state index contributed by atoms with van der Waals surface area (Å²) in [5, 5.41) is 10.4.